The van der Waals surface area contributed by atoms with Crippen molar-refractivity contribution in [2.45, 2.75) is 50.2 Å². The normalized spacial score (nSPS) is 32.1. The number of hydrogen-bond acceptors (Lipinski definition) is 6. The summed E-state index contributed by atoms with van der Waals surface area (Å²) in [6, 6.07) is 6.03. The van der Waals surface area contributed by atoms with Gasteiger partial charge >= 0.3 is 0 Å². The average molecular weight is 370 g/mol. The van der Waals surface area contributed by atoms with Crippen LogP contribution in [0.3, 0.4) is 0 Å². The number of nitrogens with zero attached hydrogens (tertiary/aromatic N) is 1. The van der Waals surface area contributed by atoms with Crippen LogP contribution >= 0.6 is 0 Å². The van der Waals surface area contributed by atoms with Gasteiger partial charge in [-0.25, -0.2) is 0 Å². The van der Waals surface area contributed by atoms with Crippen molar-refractivity contribution < 1.29 is 19.1 Å². The van der Waals surface area contributed by atoms with Crippen molar-refractivity contribution in [3.8, 4) is 0 Å². The Labute approximate surface area is 156 Å². The predicted molar refractivity (Wildman–Crippen MR) is 94.6 cm³/mol. The fraction of sp³-hybridized carbons (Fsp3) is 0.526. The third kappa shape index (κ3) is 2.93. The summed E-state index contributed by atoms with van der Waals surface area (Å²) < 4.78 is 5.70. The van der Waals surface area contributed by atoms with E-state index in [1.807, 2.05) is 18.2 Å². The van der Waals surface area contributed by atoms with Gasteiger partial charge in [-0.1, -0.05) is 12.1 Å². The molecule has 5 rings (SSSR count). The van der Waals surface area contributed by atoms with Gasteiger partial charge in [0.05, 0.1) is 24.8 Å². The molecule has 4 atom stereocenters. The van der Waals surface area contributed by atoms with Crippen molar-refractivity contribution in [1.82, 2.24) is 20.9 Å². The van der Waals surface area contributed by atoms with E-state index in [2.05, 4.69) is 16.0 Å². The van der Waals surface area contributed by atoms with Gasteiger partial charge in [-0.3, -0.25) is 19.7 Å². The lowest BCUT2D eigenvalue weighted by atomic mass is 10.0. The number of fused-ring (bicyclic) bond motifs is 2. The second-order valence-electron chi connectivity index (χ2n) is 7.61. The fourth-order valence-electron chi connectivity index (χ4n) is 4.34. The molecule has 8 heteroatoms. The number of rotatable bonds is 4. The van der Waals surface area contributed by atoms with Crippen molar-refractivity contribution in [3.05, 3.63) is 34.9 Å². The molecule has 0 spiro atoms. The van der Waals surface area contributed by atoms with E-state index in [0.717, 1.165) is 24.3 Å². The number of amides is 3. The van der Waals surface area contributed by atoms with Gasteiger partial charge in [0.15, 0.2) is 0 Å². The molecular weight excluding hydrogens is 348 g/mol. The second kappa shape index (κ2) is 6.40. The topological polar surface area (TPSA) is 99.8 Å². The molecule has 0 aromatic heterocycles. The maximum atomic E-state index is 12.8. The van der Waals surface area contributed by atoms with Crippen LogP contribution in [-0.4, -0.2) is 60.0 Å². The highest BCUT2D eigenvalue weighted by atomic mass is 16.5. The lowest BCUT2D eigenvalue weighted by Crippen LogP contribution is -2.52. The van der Waals surface area contributed by atoms with Crippen LogP contribution in [0.1, 0.15) is 34.3 Å². The summed E-state index contributed by atoms with van der Waals surface area (Å²) in [5, 5.41) is 9.25. The highest BCUT2D eigenvalue weighted by Crippen LogP contribution is 2.30. The third-order valence-electron chi connectivity index (χ3n) is 5.88. The summed E-state index contributed by atoms with van der Waals surface area (Å²) >= 11 is 0. The summed E-state index contributed by atoms with van der Waals surface area (Å²) in [5.41, 5.74) is 2.62. The summed E-state index contributed by atoms with van der Waals surface area (Å²) in [6.45, 7) is 2.73. The number of imide groups is 1. The van der Waals surface area contributed by atoms with Crippen molar-refractivity contribution in [3.63, 3.8) is 0 Å². The van der Waals surface area contributed by atoms with E-state index in [4.69, 9.17) is 4.74 Å². The second-order valence-corrected chi connectivity index (χ2v) is 7.61. The lowest BCUT2D eigenvalue weighted by molar-refractivity contribution is -0.136. The minimum absolute atomic E-state index is 0.133. The predicted octanol–water partition coefficient (Wildman–Crippen LogP) is -0.724. The van der Waals surface area contributed by atoms with Crippen LogP contribution in [0.5, 0.6) is 0 Å². The maximum absolute atomic E-state index is 12.8. The fourth-order valence-corrected chi connectivity index (χ4v) is 4.34. The van der Waals surface area contributed by atoms with E-state index in [1.165, 1.54) is 0 Å². The molecule has 3 amide bonds. The highest BCUT2D eigenvalue weighted by molar-refractivity contribution is 6.05. The minimum atomic E-state index is -0.568. The van der Waals surface area contributed by atoms with Gasteiger partial charge in [0.25, 0.3) is 5.91 Å². The van der Waals surface area contributed by atoms with E-state index in [9.17, 15) is 14.4 Å². The number of carbonyl (C=O) groups excluding carboxylic acids is 3. The van der Waals surface area contributed by atoms with Gasteiger partial charge in [0, 0.05) is 31.6 Å². The molecular formula is C19H22N4O4. The molecule has 2 saturated heterocycles. The smallest absolute Gasteiger partial charge is 0.255 e. The molecule has 3 heterocycles. The van der Waals surface area contributed by atoms with Gasteiger partial charge in [0.2, 0.25) is 11.8 Å². The summed E-state index contributed by atoms with van der Waals surface area (Å²) in [5.74, 6) is -0.780. The summed E-state index contributed by atoms with van der Waals surface area (Å²) in [6.07, 6.45) is 0.903. The molecule has 1 aromatic carbocycles. The number of morpholine rings is 1. The Hall–Kier alpha value is -2.29. The quantitative estimate of drug-likeness (QED) is 0.605. The first-order valence-corrected chi connectivity index (χ1v) is 9.46. The Morgan fingerprint density at radius 1 is 1.26 bits per heavy atom. The molecule has 0 bridgehead atoms. The molecule has 1 aromatic rings. The number of piperidine rings is 1. The Morgan fingerprint density at radius 3 is 2.93 bits per heavy atom. The molecule has 3 fully saturated rings. The van der Waals surface area contributed by atoms with Crippen LogP contribution in [0.25, 0.3) is 0 Å². The van der Waals surface area contributed by atoms with E-state index in [0.29, 0.717) is 37.2 Å². The van der Waals surface area contributed by atoms with Gasteiger partial charge in [0.1, 0.15) is 6.04 Å². The van der Waals surface area contributed by atoms with Crippen LogP contribution in [0.15, 0.2) is 18.2 Å². The molecule has 3 aliphatic heterocycles. The largest absolute Gasteiger partial charge is 0.374 e. The molecule has 4 aliphatic rings. The molecule has 4 unspecified atom stereocenters. The molecule has 1 aliphatic carbocycles. The summed E-state index contributed by atoms with van der Waals surface area (Å²) in [4.78, 5) is 37.9. The van der Waals surface area contributed by atoms with Crippen LogP contribution in [0.4, 0.5) is 0 Å². The zero-order valence-corrected chi connectivity index (χ0v) is 14.9. The first-order chi connectivity index (χ1) is 13.1. The van der Waals surface area contributed by atoms with Gasteiger partial charge < -0.3 is 20.3 Å². The van der Waals surface area contributed by atoms with Gasteiger partial charge in [-0.2, -0.15) is 0 Å². The van der Waals surface area contributed by atoms with E-state index in [-0.39, 0.29) is 30.2 Å². The van der Waals surface area contributed by atoms with Crippen LogP contribution in [0, 0.1) is 0 Å². The van der Waals surface area contributed by atoms with Crippen molar-refractivity contribution in [2.75, 3.05) is 13.2 Å². The number of nitrogens with one attached hydrogen (secondary N) is 3. The van der Waals surface area contributed by atoms with Crippen molar-refractivity contribution in [1.29, 1.82) is 0 Å². The zero-order chi connectivity index (χ0) is 18.5. The molecule has 0 radical (unpaired) electrons. The Balaban J connectivity index is 1.25. The van der Waals surface area contributed by atoms with Crippen LogP contribution in [0.2, 0.25) is 0 Å². The van der Waals surface area contributed by atoms with Crippen LogP contribution in [-0.2, 0) is 27.4 Å². The number of hydrogen-bond donors (Lipinski definition) is 3. The van der Waals surface area contributed by atoms with E-state index < -0.39 is 6.04 Å². The average Bonchev–Trinajstić information content (AvgIpc) is 3.28. The van der Waals surface area contributed by atoms with E-state index in [1.54, 1.807) is 4.90 Å². The first kappa shape index (κ1) is 16.9. The van der Waals surface area contributed by atoms with Gasteiger partial charge in [-0.15, -0.1) is 0 Å². The van der Waals surface area contributed by atoms with Crippen molar-refractivity contribution in [2.24, 2.45) is 0 Å². The molecule has 1 saturated carbocycles. The Morgan fingerprint density at radius 2 is 2.15 bits per heavy atom. The van der Waals surface area contributed by atoms with E-state index >= 15 is 0 Å². The standard InChI is InChI=1S/C19H22N4O4/c24-14-4-3-13(18(25)22-14)23-9-11-2-1-10(7-12(11)19(23)26)8-21-16-15-17(16)27-6-5-20-15/h1-2,7,13,15-17,20-21H,3-6,8-9H2,(H,22,24,25). The Kier molecular flexibility index (Phi) is 3.99. The van der Waals surface area contributed by atoms with Crippen molar-refractivity contribution >= 4 is 17.7 Å². The number of ether oxygens (including phenoxy) is 1. The number of carbonyl (C=O) groups is 3. The maximum Gasteiger partial charge on any atom is 0.255 e. The molecule has 8 nitrogen and oxygen atoms in total. The molecule has 142 valence electrons. The SMILES string of the molecule is O=C1CCC(N2Cc3ccc(CNC4C5NCCOC54)cc3C2=O)C(=O)N1. The highest BCUT2D eigenvalue weighted by Gasteiger charge is 2.52. The first-order valence-electron chi connectivity index (χ1n) is 9.46. The lowest BCUT2D eigenvalue weighted by Gasteiger charge is -2.29. The molecule has 27 heavy (non-hydrogen) atoms. The minimum Gasteiger partial charge on any atom is -0.374 e. The van der Waals surface area contributed by atoms with Crippen LogP contribution < -0.4 is 16.0 Å². The monoisotopic (exact) mass is 370 g/mol. The Bertz CT molecular complexity index is 814. The zero-order valence-electron chi connectivity index (χ0n) is 14.9. The number of benzene rings is 1. The van der Waals surface area contributed by atoms with Gasteiger partial charge in [-0.05, 0) is 23.6 Å². The third-order valence-corrected chi connectivity index (χ3v) is 5.88. The molecule has 3 N–H and O–H groups in total. The summed E-state index contributed by atoms with van der Waals surface area (Å²) in [7, 11) is 0.